The fraction of sp³-hybridized carbons (Fsp3) is 0.533. The Morgan fingerprint density at radius 3 is 2.36 bits per heavy atom. The number of ether oxygens (including phenoxy) is 1. The van der Waals surface area contributed by atoms with Crippen molar-refractivity contribution in [2.45, 2.75) is 38.1 Å². The van der Waals surface area contributed by atoms with Crippen molar-refractivity contribution in [1.29, 1.82) is 0 Å². The van der Waals surface area contributed by atoms with Crippen molar-refractivity contribution in [3.8, 4) is 5.75 Å². The van der Waals surface area contributed by atoms with E-state index in [-0.39, 0.29) is 22.3 Å². The molecule has 0 fully saturated rings. The van der Waals surface area contributed by atoms with Crippen molar-refractivity contribution >= 4 is 15.9 Å². The van der Waals surface area contributed by atoms with Gasteiger partial charge in [-0.3, -0.25) is 4.79 Å². The summed E-state index contributed by atoms with van der Waals surface area (Å²) in [7, 11) is -0.761. The maximum Gasteiger partial charge on any atom is 0.252 e. The van der Waals surface area contributed by atoms with Gasteiger partial charge >= 0.3 is 0 Å². The van der Waals surface area contributed by atoms with Gasteiger partial charge in [-0.05, 0) is 37.5 Å². The van der Waals surface area contributed by atoms with Crippen LogP contribution in [0.25, 0.3) is 0 Å². The van der Waals surface area contributed by atoms with E-state index in [1.807, 2.05) is 20.8 Å². The van der Waals surface area contributed by atoms with Gasteiger partial charge in [-0.2, -0.15) is 4.31 Å². The molecule has 0 aliphatic heterocycles. The van der Waals surface area contributed by atoms with E-state index in [9.17, 15) is 13.2 Å². The fourth-order valence-corrected chi connectivity index (χ4v) is 3.67. The summed E-state index contributed by atoms with van der Waals surface area (Å²) in [5.41, 5.74) is 5.33. The third-order valence-electron chi connectivity index (χ3n) is 3.55. The topological polar surface area (TPSA) is 89.7 Å². The van der Waals surface area contributed by atoms with E-state index < -0.39 is 15.9 Å². The zero-order valence-electron chi connectivity index (χ0n) is 13.7. The van der Waals surface area contributed by atoms with Crippen LogP contribution in [0.2, 0.25) is 0 Å². The molecule has 0 aromatic heterocycles. The highest BCUT2D eigenvalue weighted by Gasteiger charge is 2.27. The van der Waals surface area contributed by atoms with Crippen LogP contribution in [0.3, 0.4) is 0 Å². The Morgan fingerprint density at radius 2 is 1.91 bits per heavy atom. The molecule has 1 amide bonds. The van der Waals surface area contributed by atoms with Gasteiger partial charge in [-0.25, -0.2) is 8.42 Å². The van der Waals surface area contributed by atoms with Gasteiger partial charge in [0, 0.05) is 13.1 Å². The SMILES string of the molecule is COc1ccc(S(=O)(=O)N(C)C(C)CC(C)C)cc1C(N)=O. The second-order valence-electron chi connectivity index (χ2n) is 5.73. The Morgan fingerprint density at radius 1 is 1.32 bits per heavy atom. The maximum absolute atomic E-state index is 12.7. The average molecular weight is 328 g/mol. The predicted molar refractivity (Wildman–Crippen MR) is 85.4 cm³/mol. The highest BCUT2D eigenvalue weighted by atomic mass is 32.2. The zero-order chi connectivity index (χ0) is 17.1. The number of methoxy groups -OCH3 is 1. The summed E-state index contributed by atoms with van der Waals surface area (Å²) in [6, 6.07) is 3.96. The summed E-state index contributed by atoms with van der Waals surface area (Å²) < 4.78 is 31.7. The number of sulfonamides is 1. The summed E-state index contributed by atoms with van der Waals surface area (Å²) in [6.07, 6.45) is 0.745. The highest BCUT2D eigenvalue weighted by molar-refractivity contribution is 7.89. The lowest BCUT2D eigenvalue weighted by atomic mass is 10.1. The van der Waals surface area contributed by atoms with Crippen LogP contribution in [0, 0.1) is 5.92 Å². The first kappa shape index (κ1) is 18.4. The Hall–Kier alpha value is -1.60. The summed E-state index contributed by atoms with van der Waals surface area (Å²) in [4.78, 5) is 11.5. The molecule has 1 aromatic rings. The molecule has 0 aliphatic rings. The molecule has 1 unspecified atom stereocenters. The first-order valence-electron chi connectivity index (χ1n) is 7.07. The minimum Gasteiger partial charge on any atom is -0.496 e. The number of nitrogens with zero attached hydrogens (tertiary/aromatic N) is 1. The molecule has 7 heteroatoms. The van der Waals surface area contributed by atoms with Crippen molar-refractivity contribution < 1.29 is 17.9 Å². The molecular formula is C15H24N2O4S. The minimum atomic E-state index is -3.69. The van der Waals surface area contributed by atoms with Crippen LogP contribution in [0.4, 0.5) is 0 Å². The van der Waals surface area contributed by atoms with Crippen molar-refractivity contribution in [2.75, 3.05) is 14.2 Å². The van der Waals surface area contributed by atoms with E-state index in [1.54, 1.807) is 0 Å². The Bertz CT molecular complexity index is 641. The lowest BCUT2D eigenvalue weighted by molar-refractivity contribution is 0.0997. The van der Waals surface area contributed by atoms with E-state index in [0.717, 1.165) is 6.42 Å². The Kier molecular flexibility index (Phi) is 5.96. The molecule has 0 saturated heterocycles. The molecular weight excluding hydrogens is 304 g/mol. The summed E-state index contributed by atoms with van der Waals surface area (Å²) in [5, 5.41) is 0. The van der Waals surface area contributed by atoms with Gasteiger partial charge in [-0.1, -0.05) is 13.8 Å². The maximum atomic E-state index is 12.7. The van der Waals surface area contributed by atoms with E-state index in [2.05, 4.69) is 0 Å². The summed E-state index contributed by atoms with van der Waals surface area (Å²) in [5.74, 6) is -0.0965. The monoisotopic (exact) mass is 328 g/mol. The third kappa shape index (κ3) is 3.98. The molecule has 0 heterocycles. The number of carbonyl (C=O) groups is 1. The van der Waals surface area contributed by atoms with Gasteiger partial charge in [-0.15, -0.1) is 0 Å². The molecule has 0 bridgehead atoms. The number of nitrogens with two attached hydrogens (primary N) is 1. The van der Waals surface area contributed by atoms with E-state index in [1.165, 1.54) is 36.7 Å². The molecule has 124 valence electrons. The number of primary amides is 1. The van der Waals surface area contributed by atoms with Gasteiger partial charge in [0.1, 0.15) is 5.75 Å². The van der Waals surface area contributed by atoms with Crippen LogP contribution in [-0.2, 0) is 10.0 Å². The molecule has 0 aliphatic carbocycles. The smallest absolute Gasteiger partial charge is 0.252 e. The third-order valence-corrected chi connectivity index (χ3v) is 5.51. The van der Waals surface area contributed by atoms with E-state index in [4.69, 9.17) is 10.5 Å². The number of rotatable bonds is 7. The normalized spacial score (nSPS) is 13.4. The first-order valence-corrected chi connectivity index (χ1v) is 8.51. The molecule has 6 nitrogen and oxygen atoms in total. The van der Waals surface area contributed by atoms with Gasteiger partial charge in [0.2, 0.25) is 10.0 Å². The molecule has 1 rings (SSSR count). The molecule has 0 spiro atoms. The van der Waals surface area contributed by atoms with E-state index in [0.29, 0.717) is 5.92 Å². The Labute approximate surface area is 132 Å². The van der Waals surface area contributed by atoms with Crippen LogP contribution >= 0.6 is 0 Å². The molecule has 1 atom stereocenters. The van der Waals surface area contributed by atoms with Crippen molar-refractivity contribution in [3.63, 3.8) is 0 Å². The van der Waals surface area contributed by atoms with Crippen molar-refractivity contribution in [1.82, 2.24) is 4.31 Å². The first-order chi connectivity index (χ1) is 10.1. The van der Waals surface area contributed by atoms with Gasteiger partial charge < -0.3 is 10.5 Å². The standard InChI is InChI=1S/C15H24N2O4S/c1-10(2)8-11(3)17(4)22(19,20)12-6-7-14(21-5)13(9-12)15(16)18/h6-7,9-11H,8H2,1-5H3,(H2,16,18). The van der Waals surface area contributed by atoms with Crippen LogP contribution in [0.15, 0.2) is 23.1 Å². The average Bonchev–Trinajstić information content (AvgIpc) is 2.44. The summed E-state index contributed by atoms with van der Waals surface area (Å²) in [6.45, 7) is 5.93. The largest absolute Gasteiger partial charge is 0.496 e. The van der Waals surface area contributed by atoms with E-state index >= 15 is 0 Å². The number of hydrogen-bond donors (Lipinski definition) is 1. The van der Waals surface area contributed by atoms with Crippen LogP contribution in [0.5, 0.6) is 5.75 Å². The van der Waals surface area contributed by atoms with Gasteiger partial charge in [0.05, 0.1) is 17.6 Å². The molecule has 22 heavy (non-hydrogen) atoms. The number of amides is 1. The second kappa shape index (κ2) is 7.11. The second-order valence-corrected chi connectivity index (χ2v) is 7.72. The number of benzene rings is 1. The van der Waals surface area contributed by atoms with Crippen molar-refractivity contribution in [3.05, 3.63) is 23.8 Å². The molecule has 2 N–H and O–H groups in total. The van der Waals surface area contributed by atoms with Crippen molar-refractivity contribution in [2.24, 2.45) is 11.7 Å². The van der Waals surface area contributed by atoms with Crippen LogP contribution < -0.4 is 10.5 Å². The lowest BCUT2D eigenvalue weighted by Gasteiger charge is -2.26. The summed E-state index contributed by atoms with van der Waals surface area (Å²) >= 11 is 0. The quantitative estimate of drug-likeness (QED) is 0.827. The number of carbonyl (C=O) groups excluding carboxylic acids is 1. The zero-order valence-corrected chi connectivity index (χ0v) is 14.5. The fourth-order valence-electron chi connectivity index (χ4n) is 2.27. The van der Waals surface area contributed by atoms with Gasteiger partial charge in [0.25, 0.3) is 5.91 Å². The molecule has 0 saturated carbocycles. The predicted octanol–water partition coefficient (Wildman–Crippen LogP) is 1.85. The molecule has 1 aromatic carbocycles. The molecule has 0 radical (unpaired) electrons. The minimum absolute atomic E-state index is 0.0280. The van der Waals surface area contributed by atoms with Crippen LogP contribution in [-0.4, -0.2) is 38.8 Å². The van der Waals surface area contributed by atoms with Crippen LogP contribution in [0.1, 0.15) is 37.6 Å². The number of hydrogen-bond acceptors (Lipinski definition) is 4. The lowest BCUT2D eigenvalue weighted by Crippen LogP contribution is -2.36. The highest BCUT2D eigenvalue weighted by Crippen LogP contribution is 2.25. The Balaban J connectivity index is 3.23. The van der Waals surface area contributed by atoms with Gasteiger partial charge in [0.15, 0.2) is 0 Å².